The fourth-order valence-corrected chi connectivity index (χ4v) is 1.55. The van der Waals surface area contributed by atoms with Crippen LogP contribution in [0.1, 0.15) is 10.6 Å². The quantitative estimate of drug-likeness (QED) is 0.685. The average Bonchev–Trinajstić information content (AvgIpc) is 2.42. The second kappa shape index (κ2) is 3.63. The molecule has 1 aromatic rings. The van der Waals surface area contributed by atoms with Crippen LogP contribution in [0.25, 0.3) is 0 Å². The number of aromatic nitrogens is 1. The molecule has 82 valence electrons. The molecule has 0 saturated carbocycles. The summed E-state index contributed by atoms with van der Waals surface area (Å²) < 4.78 is 5.69. The number of hydrogen-bond donors (Lipinski definition) is 1. The van der Waals surface area contributed by atoms with Crippen molar-refractivity contribution in [3.05, 3.63) is 22.2 Å². The molecule has 6 heteroatoms. The number of aliphatic hydroxyl groups excluding tert-OH is 1. The van der Waals surface area contributed by atoms with Crippen LogP contribution < -0.4 is 5.56 Å². The Labute approximate surface area is 85.7 Å². The molecule has 1 aliphatic rings. The zero-order chi connectivity index (χ0) is 11.0. The van der Waals surface area contributed by atoms with Crippen LogP contribution in [0, 0.1) is 6.92 Å². The molecule has 0 atom stereocenters. The number of likely N-dealkylation sites (tertiary alicyclic amines) is 1. The van der Waals surface area contributed by atoms with Crippen molar-refractivity contribution >= 4 is 5.91 Å². The monoisotopic (exact) mass is 212 g/mol. The van der Waals surface area contributed by atoms with Crippen molar-refractivity contribution in [1.29, 1.82) is 0 Å². The van der Waals surface area contributed by atoms with Crippen molar-refractivity contribution in [2.75, 3.05) is 19.6 Å². The summed E-state index contributed by atoms with van der Waals surface area (Å²) in [5.74, 6) is 0.0111. The fourth-order valence-electron chi connectivity index (χ4n) is 1.55. The predicted octanol–water partition coefficient (Wildman–Crippen LogP) is -0.934. The van der Waals surface area contributed by atoms with Gasteiger partial charge in [0.1, 0.15) is 5.76 Å². The van der Waals surface area contributed by atoms with Crippen LogP contribution in [-0.2, 0) is 0 Å². The third-order valence-electron chi connectivity index (χ3n) is 2.29. The third-order valence-corrected chi connectivity index (χ3v) is 2.29. The lowest BCUT2D eigenvalue weighted by molar-refractivity contribution is 0.000719. The van der Waals surface area contributed by atoms with Crippen molar-refractivity contribution in [3.63, 3.8) is 0 Å². The standard InChI is InChI=1S/C9H12N2O4/c1-6-2-8(13)11(15-6)9(14)5-10-3-7(12)4-10/h2,7,12H,3-5H2,1H3. The molecule has 0 bridgehead atoms. The lowest BCUT2D eigenvalue weighted by atomic mass is 10.2. The highest BCUT2D eigenvalue weighted by atomic mass is 16.5. The smallest absolute Gasteiger partial charge is 0.290 e. The van der Waals surface area contributed by atoms with Gasteiger partial charge in [-0.3, -0.25) is 14.5 Å². The summed E-state index contributed by atoms with van der Waals surface area (Å²) in [6.07, 6.45) is -0.354. The molecule has 0 amide bonds. The average molecular weight is 212 g/mol. The van der Waals surface area contributed by atoms with Crippen LogP contribution in [0.3, 0.4) is 0 Å². The Morgan fingerprint density at radius 3 is 2.80 bits per heavy atom. The lowest BCUT2D eigenvalue weighted by Gasteiger charge is -2.34. The van der Waals surface area contributed by atoms with Crippen LogP contribution in [0.2, 0.25) is 0 Å². The summed E-state index contributed by atoms with van der Waals surface area (Å²) in [7, 11) is 0. The van der Waals surface area contributed by atoms with Crippen molar-refractivity contribution < 1.29 is 14.4 Å². The van der Waals surface area contributed by atoms with Crippen LogP contribution in [0.4, 0.5) is 0 Å². The Morgan fingerprint density at radius 2 is 2.33 bits per heavy atom. The molecular formula is C9H12N2O4. The SMILES string of the molecule is Cc1cc(=O)n(C(=O)CN2CC(O)C2)o1. The fraction of sp³-hybridized carbons (Fsp3) is 0.556. The second-order valence-electron chi connectivity index (χ2n) is 3.72. The molecule has 0 spiro atoms. The van der Waals surface area contributed by atoms with Crippen molar-refractivity contribution in [3.8, 4) is 0 Å². The van der Waals surface area contributed by atoms with Gasteiger partial charge in [0.2, 0.25) is 0 Å². The molecule has 6 nitrogen and oxygen atoms in total. The van der Waals surface area contributed by atoms with Gasteiger partial charge < -0.3 is 9.63 Å². The minimum atomic E-state index is -0.446. The van der Waals surface area contributed by atoms with E-state index in [1.165, 1.54) is 6.07 Å². The first-order valence-corrected chi connectivity index (χ1v) is 4.70. The van der Waals surface area contributed by atoms with Crippen molar-refractivity contribution in [2.24, 2.45) is 0 Å². The highest BCUT2D eigenvalue weighted by molar-refractivity contribution is 5.79. The molecule has 2 rings (SSSR count). The minimum absolute atomic E-state index is 0.101. The molecule has 1 N–H and O–H groups in total. The van der Waals surface area contributed by atoms with Gasteiger partial charge in [-0.15, -0.1) is 4.74 Å². The first-order chi connectivity index (χ1) is 7.06. The van der Waals surface area contributed by atoms with Gasteiger partial charge >= 0.3 is 0 Å². The van der Waals surface area contributed by atoms with Crippen molar-refractivity contribution in [1.82, 2.24) is 9.64 Å². The molecule has 1 fully saturated rings. The highest BCUT2D eigenvalue weighted by Gasteiger charge is 2.27. The van der Waals surface area contributed by atoms with E-state index in [-0.39, 0.29) is 12.6 Å². The van der Waals surface area contributed by atoms with Crippen molar-refractivity contribution in [2.45, 2.75) is 13.0 Å². The number of nitrogens with zero attached hydrogens (tertiary/aromatic N) is 2. The number of aryl methyl sites for hydroxylation is 1. The number of hydrogen-bond acceptors (Lipinski definition) is 5. The molecule has 15 heavy (non-hydrogen) atoms. The van der Waals surface area contributed by atoms with E-state index in [9.17, 15) is 9.59 Å². The summed E-state index contributed by atoms with van der Waals surface area (Å²) in [5, 5.41) is 9.02. The first kappa shape index (κ1) is 10.1. The van der Waals surface area contributed by atoms with Crippen LogP contribution in [-0.4, -0.2) is 46.4 Å². The molecule has 1 aliphatic heterocycles. The summed E-state index contributed by atoms with van der Waals surface area (Å²) >= 11 is 0. The Hall–Kier alpha value is -1.40. The van der Waals surface area contributed by atoms with Gasteiger partial charge in [0, 0.05) is 19.2 Å². The maximum Gasteiger partial charge on any atom is 0.290 e. The molecule has 0 aliphatic carbocycles. The molecule has 0 aromatic carbocycles. The Balaban J connectivity index is 2.02. The molecule has 0 radical (unpaired) electrons. The molecule has 1 saturated heterocycles. The maximum absolute atomic E-state index is 11.5. The number of β-amino-alcohol motifs (C(OH)–C–C–N with tert-alkyl or cyclic N) is 1. The molecular weight excluding hydrogens is 200 g/mol. The largest absolute Gasteiger partial charge is 0.390 e. The van der Waals surface area contributed by atoms with Gasteiger partial charge in [-0.25, -0.2) is 0 Å². The van der Waals surface area contributed by atoms with Gasteiger partial charge in [-0.1, -0.05) is 0 Å². The van der Waals surface area contributed by atoms with Gasteiger partial charge in [-0.05, 0) is 6.92 Å². The number of rotatable bonds is 2. The topological polar surface area (TPSA) is 75.7 Å². The predicted molar refractivity (Wildman–Crippen MR) is 50.8 cm³/mol. The van der Waals surface area contributed by atoms with Crippen LogP contribution >= 0.6 is 0 Å². The number of carbonyl (C=O) groups is 1. The lowest BCUT2D eigenvalue weighted by Crippen LogP contribution is -2.53. The van der Waals surface area contributed by atoms with E-state index in [1.807, 2.05) is 0 Å². The summed E-state index contributed by atoms with van der Waals surface area (Å²) in [6, 6.07) is 1.27. The number of aliphatic hydroxyl groups is 1. The van der Waals surface area contributed by atoms with Gasteiger partial charge in [0.25, 0.3) is 11.5 Å². The highest BCUT2D eigenvalue weighted by Crippen LogP contribution is 2.06. The first-order valence-electron chi connectivity index (χ1n) is 4.70. The summed E-state index contributed by atoms with van der Waals surface area (Å²) in [4.78, 5) is 24.5. The van der Waals surface area contributed by atoms with E-state index in [2.05, 4.69) is 0 Å². The summed E-state index contributed by atoms with van der Waals surface area (Å²) in [5.41, 5.74) is -0.446. The minimum Gasteiger partial charge on any atom is -0.390 e. The Kier molecular flexibility index (Phi) is 2.45. The van der Waals surface area contributed by atoms with E-state index in [4.69, 9.17) is 9.63 Å². The van der Waals surface area contributed by atoms with E-state index < -0.39 is 11.5 Å². The zero-order valence-electron chi connectivity index (χ0n) is 8.34. The maximum atomic E-state index is 11.5. The van der Waals surface area contributed by atoms with Gasteiger partial charge in [0.15, 0.2) is 0 Å². The normalized spacial score (nSPS) is 17.7. The van der Waals surface area contributed by atoms with Crippen LogP contribution in [0.5, 0.6) is 0 Å². The third kappa shape index (κ3) is 2.00. The van der Waals surface area contributed by atoms with Gasteiger partial charge in [0.05, 0.1) is 12.6 Å². The second-order valence-corrected chi connectivity index (χ2v) is 3.72. The molecule has 2 heterocycles. The molecule has 0 unspecified atom stereocenters. The van der Waals surface area contributed by atoms with Gasteiger partial charge in [-0.2, -0.15) is 0 Å². The van der Waals surface area contributed by atoms with E-state index in [0.29, 0.717) is 18.8 Å². The van der Waals surface area contributed by atoms with Crippen LogP contribution in [0.15, 0.2) is 15.4 Å². The molecule has 1 aromatic heterocycles. The van der Waals surface area contributed by atoms with E-state index in [0.717, 1.165) is 4.74 Å². The number of carbonyl (C=O) groups excluding carboxylic acids is 1. The Morgan fingerprint density at radius 1 is 1.67 bits per heavy atom. The Bertz CT molecular complexity index is 428. The zero-order valence-corrected chi connectivity index (χ0v) is 8.34. The summed E-state index contributed by atoms with van der Waals surface area (Å²) in [6.45, 7) is 2.66. The van der Waals surface area contributed by atoms with E-state index >= 15 is 0 Å². The van der Waals surface area contributed by atoms with E-state index in [1.54, 1.807) is 11.8 Å².